The minimum Gasteiger partial charge on any atom is -0.341 e. The van der Waals surface area contributed by atoms with E-state index in [2.05, 4.69) is 10.3 Å². The van der Waals surface area contributed by atoms with Gasteiger partial charge in [-0.3, -0.25) is 9.78 Å². The van der Waals surface area contributed by atoms with E-state index >= 15 is 0 Å². The molecular formula is C17H28Cl2N4O3S. The molecule has 2 saturated heterocycles. The summed E-state index contributed by atoms with van der Waals surface area (Å²) in [5.74, 6) is 0.106. The van der Waals surface area contributed by atoms with Gasteiger partial charge in [0.05, 0.1) is 0 Å². The number of hydrogen-bond donors (Lipinski definition) is 1. The first-order valence-electron chi connectivity index (χ1n) is 8.88. The van der Waals surface area contributed by atoms with Gasteiger partial charge in [-0.15, -0.1) is 24.8 Å². The van der Waals surface area contributed by atoms with Crippen molar-refractivity contribution in [1.29, 1.82) is 0 Å². The van der Waals surface area contributed by atoms with Crippen LogP contribution in [0.25, 0.3) is 0 Å². The molecule has 7 nitrogen and oxygen atoms in total. The molecular weight excluding hydrogens is 411 g/mol. The molecule has 27 heavy (non-hydrogen) atoms. The van der Waals surface area contributed by atoms with Crippen molar-refractivity contribution in [2.24, 2.45) is 5.92 Å². The molecule has 1 unspecified atom stereocenters. The summed E-state index contributed by atoms with van der Waals surface area (Å²) in [5, 5.41) is 3.25. The number of aromatic nitrogens is 1. The van der Waals surface area contributed by atoms with Crippen LogP contribution in [0.2, 0.25) is 0 Å². The van der Waals surface area contributed by atoms with E-state index in [1.165, 1.54) is 10.5 Å². The molecule has 1 N–H and O–H groups in total. The Morgan fingerprint density at radius 1 is 1.19 bits per heavy atom. The summed E-state index contributed by atoms with van der Waals surface area (Å²) < 4.78 is 26.7. The van der Waals surface area contributed by atoms with E-state index in [0.717, 1.165) is 25.9 Å². The van der Waals surface area contributed by atoms with Crippen LogP contribution in [0.15, 0.2) is 29.4 Å². The number of likely N-dealkylation sites (tertiary alicyclic amines) is 1. The number of piperidine rings is 2. The highest BCUT2D eigenvalue weighted by atomic mass is 35.5. The fourth-order valence-corrected chi connectivity index (χ4v) is 5.10. The number of likely N-dealkylation sites (N-methyl/N-ethyl adjacent to an activating group) is 1. The largest absolute Gasteiger partial charge is 0.341 e. The van der Waals surface area contributed by atoms with Gasteiger partial charge >= 0.3 is 0 Å². The van der Waals surface area contributed by atoms with Crippen molar-refractivity contribution in [2.75, 3.05) is 33.2 Å². The fraction of sp³-hybridized carbons (Fsp3) is 0.647. The molecule has 1 atom stereocenters. The number of nitrogens with zero attached hydrogens (tertiary/aromatic N) is 3. The predicted molar refractivity (Wildman–Crippen MR) is 109 cm³/mol. The number of hydrogen-bond acceptors (Lipinski definition) is 5. The van der Waals surface area contributed by atoms with E-state index in [0.29, 0.717) is 32.0 Å². The number of amides is 1. The molecule has 1 amide bonds. The van der Waals surface area contributed by atoms with E-state index < -0.39 is 10.0 Å². The summed E-state index contributed by atoms with van der Waals surface area (Å²) in [6.45, 7) is 2.34. The van der Waals surface area contributed by atoms with E-state index in [1.54, 1.807) is 18.3 Å². The first-order chi connectivity index (χ1) is 12.0. The maximum absolute atomic E-state index is 12.8. The number of sulfonamides is 1. The van der Waals surface area contributed by atoms with Crippen molar-refractivity contribution in [3.8, 4) is 0 Å². The third-order valence-corrected chi connectivity index (χ3v) is 7.10. The maximum Gasteiger partial charge on any atom is 0.244 e. The summed E-state index contributed by atoms with van der Waals surface area (Å²) in [5.41, 5.74) is 0. The Morgan fingerprint density at radius 2 is 1.89 bits per heavy atom. The lowest BCUT2D eigenvalue weighted by Gasteiger charge is -2.37. The van der Waals surface area contributed by atoms with Crippen molar-refractivity contribution in [2.45, 2.75) is 36.6 Å². The molecule has 3 rings (SSSR count). The average molecular weight is 439 g/mol. The molecule has 0 bridgehead atoms. The molecule has 0 aliphatic carbocycles. The summed E-state index contributed by atoms with van der Waals surface area (Å²) in [6.07, 6.45) is 6.21. The zero-order chi connectivity index (χ0) is 17.9. The molecule has 1 aromatic rings. The van der Waals surface area contributed by atoms with Gasteiger partial charge in [0.1, 0.15) is 4.90 Å². The Labute approximate surface area is 173 Å². The van der Waals surface area contributed by atoms with Gasteiger partial charge in [-0.1, -0.05) is 0 Å². The topological polar surface area (TPSA) is 82.6 Å². The molecule has 0 aromatic carbocycles. The van der Waals surface area contributed by atoms with E-state index in [1.807, 2.05) is 11.9 Å². The van der Waals surface area contributed by atoms with E-state index in [-0.39, 0.29) is 41.5 Å². The van der Waals surface area contributed by atoms with Crippen LogP contribution >= 0.6 is 24.8 Å². The first-order valence-corrected chi connectivity index (χ1v) is 10.3. The van der Waals surface area contributed by atoms with E-state index in [4.69, 9.17) is 0 Å². The Balaban J connectivity index is 0.00000182. The van der Waals surface area contributed by atoms with Crippen LogP contribution in [0.3, 0.4) is 0 Å². The zero-order valence-electron chi connectivity index (χ0n) is 15.4. The number of pyridine rings is 1. The molecule has 1 aromatic heterocycles. The van der Waals surface area contributed by atoms with Crippen LogP contribution in [0.5, 0.6) is 0 Å². The Hall–Kier alpha value is -0.930. The van der Waals surface area contributed by atoms with Crippen molar-refractivity contribution in [1.82, 2.24) is 19.5 Å². The van der Waals surface area contributed by atoms with Crippen molar-refractivity contribution in [3.63, 3.8) is 0 Å². The fourth-order valence-electron chi connectivity index (χ4n) is 3.66. The molecule has 0 radical (unpaired) electrons. The molecule has 2 fully saturated rings. The predicted octanol–water partition coefficient (Wildman–Crippen LogP) is 1.54. The lowest BCUT2D eigenvalue weighted by atomic mass is 9.95. The van der Waals surface area contributed by atoms with Crippen molar-refractivity contribution < 1.29 is 13.2 Å². The Morgan fingerprint density at radius 3 is 2.48 bits per heavy atom. The molecule has 3 heterocycles. The minimum atomic E-state index is -3.51. The van der Waals surface area contributed by atoms with Gasteiger partial charge in [-0.05, 0) is 44.9 Å². The van der Waals surface area contributed by atoms with Crippen LogP contribution in [-0.2, 0) is 14.8 Å². The summed E-state index contributed by atoms with van der Waals surface area (Å²) in [4.78, 5) is 18.8. The summed E-state index contributed by atoms with van der Waals surface area (Å²) in [7, 11) is -1.58. The smallest absolute Gasteiger partial charge is 0.244 e. The quantitative estimate of drug-likeness (QED) is 0.770. The minimum absolute atomic E-state index is 0. The van der Waals surface area contributed by atoms with Gasteiger partial charge < -0.3 is 10.2 Å². The molecule has 2 aliphatic heterocycles. The van der Waals surface area contributed by atoms with Gasteiger partial charge in [0.2, 0.25) is 15.9 Å². The standard InChI is InChI=1S/C17H26N4O3S.2ClH/c1-18-15-4-3-9-20(13-15)17(22)14-6-10-21(11-7-14)25(23,24)16-5-2-8-19-12-16;;/h2,5,8,12,14-15,18H,3-4,6-7,9-11,13H2,1H3;2*1H. The second-order valence-corrected chi connectivity index (χ2v) is 8.72. The van der Waals surface area contributed by atoms with Crippen LogP contribution < -0.4 is 5.32 Å². The monoisotopic (exact) mass is 438 g/mol. The van der Waals surface area contributed by atoms with Crippen LogP contribution in [0.1, 0.15) is 25.7 Å². The van der Waals surface area contributed by atoms with Gasteiger partial charge in [0.15, 0.2) is 0 Å². The zero-order valence-corrected chi connectivity index (χ0v) is 17.9. The number of carbonyl (C=O) groups is 1. The molecule has 0 spiro atoms. The number of carbonyl (C=O) groups excluding carboxylic acids is 1. The normalized spacial score (nSPS) is 21.8. The molecule has 2 aliphatic rings. The van der Waals surface area contributed by atoms with Crippen LogP contribution in [-0.4, -0.2) is 67.8 Å². The lowest BCUT2D eigenvalue weighted by molar-refractivity contribution is -0.138. The number of halogens is 2. The van der Waals surface area contributed by atoms with Crippen LogP contribution in [0.4, 0.5) is 0 Å². The highest BCUT2D eigenvalue weighted by Crippen LogP contribution is 2.25. The third kappa shape index (κ3) is 5.54. The SMILES string of the molecule is CNC1CCCN(C(=O)C2CCN(S(=O)(=O)c3cccnc3)CC2)C1.Cl.Cl. The number of rotatable bonds is 4. The summed E-state index contributed by atoms with van der Waals surface area (Å²) >= 11 is 0. The molecule has 0 saturated carbocycles. The van der Waals surface area contributed by atoms with Gasteiger partial charge in [0.25, 0.3) is 0 Å². The maximum atomic E-state index is 12.8. The summed E-state index contributed by atoms with van der Waals surface area (Å²) in [6, 6.07) is 3.55. The molecule has 10 heteroatoms. The second-order valence-electron chi connectivity index (χ2n) is 6.78. The van der Waals surface area contributed by atoms with Gasteiger partial charge in [-0.25, -0.2) is 8.42 Å². The average Bonchev–Trinajstić information content (AvgIpc) is 2.68. The lowest BCUT2D eigenvalue weighted by Crippen LogP contribution is -2.50. The highest BCUT2D eigenvalue weighted by Gasteiger charge is 2.35. The highest BCUT2D eigenvalue weighted by molar-refractivity contribution is 7.89. The van der Waals surface area contributed by atoms with E-state index in [9.17, 15) is 13.2 Å². The number of nitrogens with one attached hydrogen (secondary N) is 1. The second kappa shape index (κ2) is 10.6. The Bertz CT molecular complexity index is 697. The van der Waals surface area contributed by atoms with Gasteiger partial charge in [0, 0.05) is 50.5 Å². The Kier molecular flexibility index (Phi) is 9.44. The van der Waals surface area contributed by atoms with Crippen molar-refractivity contribution >= 4 is 40.7 Å². The van der Waals surface area contributed by atoms with Crippen molar-refractivity contribution in [3.05, 3.63) is 24.5 Å². The third-order valence-electron chi connectivity index (χ3n) is 5.22. The van der Waals surface area contributed by atoms with Crippen LogP contribution in [0, 0.1) is 5.92 Å². The molecule has 154 valence electrons. The van der Waals surface area contributed by atoms with Gasteiger partial charge in [-0.2, -0.15) is 4.31 Å². The first kappa shape index (κ1) is 24.1.